The van der Waals surface area contributed by atoms with Gasteiger partial charge in [-0.3, -0.25) is 14.4 Å². The fraction of sp³-hybridized carbons (Fsp3) is 0.438. The number of methoxy groups -OCH3 is 3. The van der Waals surface area contributed by atoms with Crippen LogP contribution in [-0.4, -0.2) is 55.7 Å². The number of anilines is 1. The van der Waals surface area contributed by atoms with Crippen LogP contribution in [0.2, 0.25) is 0 Å². The summed E-state index contributed by atoms with van der Waals surface area (Å²) in [4.78, 5) is 46.3. The average Bonchev–Trinajstić information content (AvgIpc) is 3.39. The number of H-pyrrole nitrogens is 1. The Morgan fingerprint density at radius 3 is 2.49 bits per heavy atom. The number of imidazole rings is 1. The van der Waals surface area contributed by atoms with Gasteiger partial charge in [-0.15, -0.1) is 0 Å². The fourth-order valence-electron chi connectivity index (χ4n) is 5.58. The third-order valence-electron chi connectivity index (χ3n) is 7.52. The summed E-state index contributed by atoms with van der Waals surface area (Å²) in [5.41, 5.74) is 3.99. The number of rotatable bonds is 12. The highest BCUT2D eigenvalue weighted by atomic mass is 16.5. The molecule has 4 rings (SSSR count). The predicted molar refractivity (Wildman–Crippen MR) is 165 cm³/mol. The standard InChI is InChI=1S/C32H41N5O6/c1-18(2)13-26(32(40)34-12-11-21-16-33-17-35-21)37-25-10-8-22-23(15-27(25)39)24(36-19(3)38)9-7-20-14-28(41-4)30(42-5)31(43-6)29(20)22/h8,10,14-18,24,26H,7,9,11-13H2,1-6H3,(H,33,35)(H,34,40)(H,36,38)(H,37,39)/t24-,26-/m0/s1. The molecule has 11 heteroatoms. The minimum atomic E-state index is -0.631. The molecule has 43 heavy (non-hydrogen) atoms. The van der Waals surface area contributed by atoms with Crippen molar-refractivity contribution in [1.82, 2.24) is 20.6 Å². The van der Waals surface area contributed by atoms with Crippen LogP contribution in [0.25, 0.3) is 11.1 Å². The Bertz CT molecular complexity index is 1510. The van der Waals surface area contributed by atoms with Crippen LogP contribution in [0.15, 0.2) is 41.6 Å². The minimum Gasteiger partial charge on any atom is -0.493 e. The highest BCUT2D eigenvalue weighted by molar-refractivity contribution is 5.86. The molecule has 0 saturated heterocycles. The van der Waals surface area contributed by atoms with Crippen LogP contribution in [0, 0.1) is 5.92 Å². The van der Waals surface area contributed by atoms with E-state index in [9.17, 15) is 14.4 Å². The van der Waals surface area contributed by atoms with Crippen molar-refractivity contribution >= 4 is 17.5 Å². The first-order valence-electron chi connectivity index (χ1n) is 14.5. The number of carbonyl (C=O) groups is 2. The van der Waals surface area contributed by atoms with E-state index >= 15 is 0 Å². The second kappa shape index (κ2) is 14.1. The second-order valence-corrected chi connectivity index (χ2v) is 11.0. The number of amides is 2. The van der Waals surface area contributed by atoms with Crippen molar-refractivity contribution in [2.24, 2.45) is 5.92 Å². The molecule has 2 aromatic carbocycles. The van der Waals surface area contributed by atoms with Gasteiger partial charge in [0.25, 0.3) is 0 Å². The number of aryl methyl sites for hydroxylation is 1. The molecule has 0 bridgehead atoms. The molecule has 0 aliphatic heterocycles. The molecule has 1 aliphatic rings. The smallest absolute Gasteiger partial charge is 0.242 e. The molecule has 0 unspecified atom stereocenters. The van der Waals surface area contributed by atoms with Crippen molar-refractivity contribution in [1.29, 1.82) is 0 Å². The van der Waals surface area contributed by atoms with E-state index in [2.05, 4.69) is 25.9 Å². The van der Waals surface area contributed by atoms with Gasteiger partial charge in [0.2, 0.25) is 23.0 Å². The van der Waals surface area contributed by atoms with E-state index < -0.39 is 12.1 Å². The van der Waals surface area contributed by atoms with Crippen molar-refractivity contribution in [3.05, 3.63) is 63.8 Å². The summed E-state index contributed by atoms with van der Waals surface area (Å²) in [6.45, 7) is 5.94. The minimum absolute atomic E-state index is 0.194. The van der Waals surface area contributed by atoms with Gasteiger partial charge >= 0.3 is 0 Å². The number of aromatic amines is 1. The first-order valence-corrected chi connectivity index (χ1v) is 14.5. The molecular formula is C32H41N5O6. The summed E-state index contributed by atoms with van der Waals surface area (Å²) in [6.07, 6.45) is 5.61. The molecule has 3 aromatic rings. The maximum absolute atomic E-state index is 13.7. The summed E-state index contributed by atoms with van der Waals surface area (Å²) >= 11 is 0. The molecule has 0 fully saturated rings. The predicted octanol–water partition coefficient (Wildman–Crippen LogP) is 3.77. The molecule has 230 valence electrons. The molecule has 0 spiro atoms. The lowest BCUT2D eigenvalue weighted by Gasteiger charge is -2.20. The zero-order valence-electron chi connectivity index (χ0n) is 25.6. The van der Waals surface area contributed by atoms with Gasteiger partial charge in [-0.1, -0.05) is 19.9 Å². The third-order valence-corrected chi connectivity index (χ3v) is 7.52. The van der Waals surface area contributed by atoms with Crippen LogP contribution >= 0.6 is 0 Å². The zero-order chi connectivity index (χ0) is 31.1. The van der Waals surface area contributed by atoms with Gasteiger partial charge in [0.05, 0.1) is 39.4 Å². The number of carbonyl (C=O) groups excluding carboxylic acids is 2. The summed E-state index contributed by atoms with van der Waals surface area (Å²) in [7, 11) is 4.67. The van der Waals surface area contributed by atoms with Crippen LogP contribution in [0.4, 0.5) is 5.69 Å². The monoisotopic (exact) mass is 591 g/mol. The Labute approximate surface area is 251 Å². The Morgan fingerprint density at radius 2 is 1.86 bits per heavy atom. The second-order valence-electron chi connectivity index (χ2n) is 11.0. The van der Waals surface area contributed by atoms with Gasteiger partial charge in [0, 0.05) is 37.3 Å². The average molecular weight is 592 g/mol. The SMILES string of the molecule is COc1cc2c(c(OC)c1OC)-c1ccc(N[C@@H](CC(C)C)C(=O)NCCc3cnc[nH]3)c(=O)cc1[C@@H](NC(C)=O)CC2. The Balaban J connectivity index is 1.78. The molecule has 1 aliphatic carbocycles. The quantitative estimate of drug-likeness (QED) is 0.249. The summed E-state index contributed by atoms with van der Waals surface area (Å²) < 4.78 is 17.1. The van der Waals surface area contributed by atoms with E-state index in [1.165, 1.54) is 6.92 Å². The molecule has 1 heterocycles. The highest BCUT2D eigenvalue weighted by Crippen LogP contribution is 2.50. The van der Waals surface area contributed by atoms with E-state index in [0.29, 0.717) is 55.0 Å². The first kappa shape index (κ1) is 31.4. The molecular weight excluding hydrogens is 550 g/mol. The van der Waals surface area contributed by atoms with Gasteiger partial charge in [0.1, 0.15) is 6.04 Å². The van der Waals surface area contributed by atoms with Gasteiger partial charge in [0.15, 0.2) is 11.5 Å². The molecule has 11 nitrogen and oxygen atoms in total. The lowest BCUT2D eigenvalue weighted by atomic mass is 9.95. The number of aromatic nitrogens is 2. The van der Waals surface area contributed by atoms with E-state index in [0.717, 1.165) is 22.4 Å². The third kappa shape index (κ3) is 7.28. The molecule has 1 aromatic heterocycles. The molecule has 2 amide bonds. The number of nitrogens with one attached hydrogen (secondary N) is 4. The van der Waals surface area contributed by atoms with Crippen molar-refractivity contribution in [3.8, 4) is 28.4 Å². The lowest BCUT2D eigenvalue weighted by molar-refractivity contribution is -0.122. The molecule has 2 atom stereocenters. The summed E-state index contributed by atoms with van der Waals surface area (Å²) in [5.74, 6) is 1.24. The van der Waals surface area contributed by atoms with E-state index in [1.54, 1.807) is 46.0 Å². The number of benzene rings is 1. The van der Waals surface area contributed by atoms with Crippen molar-refractivity contribution in [2.75, 3.05) is 33.2 Å². The first-order chi connectivity index (χ1) is 20.7. The van der Waals surface area contributed by atoms with Crippen molar-refractivity contribution in [3.63, 3.8) is 0 Å². The number of hydrogen-bond donors (Lipinski definition) is 4. The number of ether oxygens (including phenoxy) is 3. The van der Waals surface area contributed by atoms with Crippen LogP contribution < -0.4 is 35.6 Å². The summed E-state index contributed by atoms with van der Waals surface area (Å²) in [6, 6.07) is 5.94. The molecule has 0 radical (unpaired) electrons. The molecule has 0 saturated carbocycles. The number of nitrogens with zero attached hydrogens (tertiary/aromatic N) is 1. The van der Waals surface area contributed by atoms with Crippen LogP contribution in [0.5, 0.6) is 17.2 Å². The van der Waals surface area contributed by atoms with Crippen LogP contribution in [0.1, 0.15) is 56.5 Å². The van der Waals surface area contributed by atoms with Crippen LogP contribution in [-0.2, 0) is 22.4 Å². The number of hydrogen-bond acceptors (Lipinski definition) is 8. The Kier molecular flexibility index (Phi) is 10.3. The highest BCUT2D eigenvalue weighted by Gasteiger charge is 2.30. The largest absolute Gasteiger partial charge is 0.493 e. The van der Waals surface area contributed by atoms with E-state index in [4.69, 9.17) is 14.2 Å². The zero-order valence-corrected chi connectivity index (χ0v) is 25.6. The van der Waals surface area contributed by atoms with Crippen LogP contribution in [0.3, 0.4) is 0 Å². The van der Waals surface area contributed by atoms with Crippen molar-refractivity contribution in [2.45, 2.75) is 58.5 Å². The van der Waals surface area contributed by atoms with E-state index in [-0.39, 0.29) is 28.8 Å². The number of fused-ring (bicyclic) bond motifs is 3. The maximum Gasteiger partial charge on any atom is 0.242 e. The Hall–Kier alpha value is -4.54. The Morgan fingerprint density at radius 1 is 1.09 bits per heavy atom. The van der Waals surface area contributed by atoms with Gasteiger partial charge < -0.3 is 35.1 Å². The van der Waals surface area contributed by atoms with Crippen molar-refractivity contribution < 1.29 is 23.8 Å². The summed E-state index contributed by atoms with van der Waals surface area (Å²) in [5, 5.41) is 9.21. The lowest BCUT2D eigenvalue weighted by Crippen LogP contribution is -2.42. The maximum atomic E-state index is 13.7. The van der Waals surface area contributed by atoms with Gasteiger partial charge in [-0.05, 0) is 60.1 Å². The van der Waals surface area contributed by atoms with Gasteiger partial charge in [-0.25, -0.2) is 4.98 Å². The topological polar surface area (TPSA) is 144 Å². The molecule has 4 N–H and O–H groups in total. The normalized spacial score (nSPS) is 14.5. The fourth-order valence-corrected chi connectivity index (χ4v) is 5.58. The van der Waals surface area contributed by atoms with E-state index in [1.807, 2.05) is 26.0 Å². The van der Waals surface area contributed by atoms with Gasteiger partial charge in [-0.2, -0.15) is 0 Å².